The van der Waals surface area contributed by atoms with Crippen LogP contribution in [0.3, 0.4) is 0 Å². The van der Waals surface area contributed by atoms with Gasteiger partial charge in [0.1, 0.15) is 0 Å². The van der Waals surface area contributed by atoms with Crippen LogP contribution in [-0.2, 0) is 4.79 Å². The zero-order chi connectivity index (χ0) is 10.1. The van der Waals surface area contributed by atoms with Crippen LogP contribution in [0.1, 0.15) is 12.0 Å². The molecule has 3 heteroatoms. The molecular formula is C11H8Cl2O. The lowest BCUT2D eigenvalue weighted by molar-refractivity contribution is -0.113. The Labute approximate surface area is 92.3 Å². The Morgan fingerprint density at radius 3 is 2.36 bits per heavy atom. The molecule has 0 heterocycles. The minimum atomic E-state index is -0.159. The van der Waals surface area contributed by atoms with E-state index in [1.807, 2.05) is 12.1 Å². The van der Waals surface area contributed by atoms with Gasteiger partial charge in [-0.05, 0) is 17.7 Å². The van der Waals surface area contributed by atoms with Crippen LogP contribution in [-0.4, -0.2) is 11.2 Å². The molecule has 1 unspecified atom stereocenters. The highest BCUT2D eigenvalue weighted by atomic mass is 35.5. The van der Waals surface area contributed by atoms with Crippen LogP contribution in [0.4, 0.5) is 0 Å². The monoisotopic (exact) mass is 226 g/mol. The van der Waals surface area contributed by atoms with Crippen LogP contribution in [0.15, 0.2) is 30.3 Å². The molecule has 0 aliphatic heterocycles. The second-order valence-electron chi connectivity index (χ2n) is 3.23. The number of alkyl halides is 1. The number of hydrogen-bond acceptors (Lipinski definition) is 1. The Balaban J connectivity index is 2.36. The third-order valence-corrected chi connectivity index (χ3v) is 2.72. The second kappa shape index (κ2) is 3.76. The van der Waals surface area contributed by atoms with Gasteiger partial charge in [0.2, 0.25) is 0 Å². The van der Waals surface area contributed by atoms with Gasteiger partial charge in [-0.15, -0.1) is 11.6 Å². The Morgan fingerprint density at radius 2 is 1.86 bits per heavy atom. The zero-order valence-corrected chi connectivity index (χ0v) is 8.85. The summed E-state index contributed by atoms with van der Waals surface area (Å²) in [5, 5.41) is 0.510. The Hall–Kier alpha value is -0.790. The van der Waals surface area contributed by atoms with Gasteiger partial charge in [0.15, 0.2) is 5.78 Å². The van der Waals surface area contributed by atoms with Crippen LogP contribution in [0.5, 0.6) is 0 Å². The third-order valence-electron chi connectivity index (χ3n) is 2.18. The number of benzene rings is 1. The van der Waals surface area contributed by atoms with Crippen LogP contribution in [0, 0.1) is 0 Å². The number of halogens is 2. The highest BCUT2D eigenvalue weighted by Gasteiger charge is 2.22. The SMILES string of the molecule is O=C1CC(Cl)C=C1c1ccc(Cl)cc1. The summed E-state index contributed by atoms with van der Waals surface area (Å²) in [6.07, 6.45) is 2.20. The Kier molecular flexibility index (Phi) is 2.62. The standard InChI is InChI=1S/C11H8Cl2O/c12-8-3-1-7(2-4-8)10-5-9(13)6-11(10)14/h1-5,9H,6H2. The molecule has 14 heavy (non-hydrogen) atoms. The summed E-state index contributed by atoms with van der Waals surface area (Å²) < 4.78 is 0. The first-order valence-corrected chi connectivity index (χ1v) is 5.13. The molecule has 0 saturated carbocycles. The Morgan fingerprint density at radius 1 is 1.21 bits per heavy atom. The fourth-order valence-electron chi connectivity index (χ4n) is 1.51. The molecule has 0 bridgehead atoms. The molecule has 0 spiro atoms. The topological polar surface area (TPSA) is 17.1 Å². The second-order valence-corrected chi connectivity index (χ2v) is 4.23. The van der Waals surface area contributed by atoms with Crippen molar-refractivity contribution in [2.45, 2.75) is 11.8 Å². The van der Waals surface area contributed by atoms with Crippen molar-refractivity contribution in [2.75, 3.05) is 0 Å². The first-order chi connectivity index (χ1) is 6.66. The molecule has 1 aliphatic rings. The largest absolute Gasteiger partial charge is 0.294 e. The number of Topliss-reactive ketones (excluding diaryl/α,β-unsaturated/α-hetero) is 1. The van der Waals surface area contributed by atoms with Crippen LogP contribution < -0.4 is 0 Å². The highest BCUT2D eigenvalue weighted by Crippen LogP contribution is 2.28. The van der Waals surface area contributed by atoms with E-state index in [1.54, 1.807) is 18.2 Å². The average Bonchev–Trinajstić information content (AvgIpc) is 2.47. The van der Waals surface area contributed by atoms with E-state index >= 15 is 0 Å². The fourth-order valence-corrected chi connectivity index (χ4v) is 1.90. The van der Waals surface area contributed by atoms with E-state index in [2.05, 4.69) is 0 Å². The quantitative estimate of drug-likeness (QED) is 0.672. The van der Waals surface area contributed by atoms with Crippen LogP contribution >= 0.6 is 23.2 Å². The molecule has 1 atom stereocenters. The van der Waals surface area contributed by atoms with E-state index in [1.165, 1.54) is 0 Å². The van der Waals surface area contributed by atoms with Crippen molar-refractivity contribution in [3.05, 3.63) is 40.9 Å². The number of allylic oxidation sites excluding steroid dienone is 2. The lowest BCUT2D eigenvalue weighted by Gasteiger charge is -1.99. The van der Waals surface area contributed by atoms with Gasteiger partial charge in [-0.2, -0.15) is 0 Å². The molecule has 0 saturated heterocycles. The smallest absolute Gasteiger partial charge is 0.165 e. The van der Waals surface area contributed by atoms with Crippen molar-refractivity contribution < 1.29 is 4.79 Å². The van der Waals surface area contributed by atoms with Crippen molar-refractivity contribution in [3.8, 4) is 0 Å². The molecular weight excluding hydrogens is 219 g/mol. The summed E-state index contributed by atoms with van der Waals surface area (Å²) in [4.78, 5) is 11.5. The van der Waals surface area contributed by atoms with Crippen molar-refractivity contribution in [1.29, 1.82) is 0 Å². The van der Waals surface area contributed by atoms with Crippen molar-refractivity contribution in [2.24, 2.45) is 0 Å². The molecule has 0 aromatic heterocycles. The maximum absolute atomic E-state index is 11.5. The fraction of sp³-hybridized carbons (Fsp3) is 0.182. The molecule has 1 aliphatic carbocycles. The first-order valence-electron chi connectivity index (χ1n) is 4.32. The van der Waals surface area contributed by atoms with Gasteiger partial charge in [-0.25, -0.2) is 0 Å². The normalized spacial score (nSPS) is 21.1. The lowest BCUT2D eigenvalue weighted by atomic mass is 10.1. The molecule has 0 amide bonds. The predicted octanol–water partition coefficient (Wildman–Crippen LogP) is 3.30. The van der Waals surface area contributed by atoms with E-state index in [0.29, 0.717) is 17.0 Å². The first kappa shape index (κ1) is 9.75. The highest BCUT2D eigenvalue weighted by molar-refractivity contribution is 6.33. The van der Waals surface area contributed by atoms with Crippen molar-refractivity contribution in [1.82, 2.24) is 0 Å². The number of rotatable bonds is 1. The number of ketones is 1. The van der Waals surface area contributed by atoms with E-state index in [4.69, 9.17) is 23.2 Å². The average molecular weight is 227 g/mol. The number of hydrogen-bond donors (Lipinski definition) is 0. The minimum Gasteiger partial charge on any atom is -0.294 e. The van der Waals surface area contributed by atoms with Gasteiger partial charge in [-0.1, -0.05) is 29.8 Å². The number of carbonyl (C=O) groups is 1. The summed E-state index contributed by atoms with van der Waals surface area (Å²) in [5.41, 5.74) is 1.60. The summed E-state index contributed by atoms with van der Waals surface area (Å²) in [7, 11) is 0. The van der Waals surface area contributed by atoms with Gasteiger partial charge in [0, 0.05) is 17.0 Å². The summed E-state index contributed by atoms with van der Waals surface area (Å²) in [6, 6.07) is 7.21. The van der Waals surface area contributed by atoms with Crippen LogP contribution in [0.25, 0.3) is 5.57 Å². The van der Waals surface area contributed by atoms with E-state index in [-0.39, 0.29) is 11.2 Å². The predicted molar refractivity (Wildman–Crippen MR) is 58.7 cm³/mol. The maximum Gasteiger partial charge on any atom is 0.165 e. The molecule has 72 valence electrons. The van der Waals surface area contributed by atoms with Crippen molar-refractivity contribution >= 4 is 34.6 Å². The van der Waals surface area contributed by atoms with E-state index in [0.717, 1.165) is 5.56 Å². The molecule has 1 nitrogen and oxygen atoms in total. The molecule has 0 radical (unpaired) electrons. The molecule has 1 aromatic rings. The van der Waals surface area contributed by atoms with Crippen LogP contribution in [0.2, 0.25) is 5.02 Å². The zero-order valence-electron chi connectivity index (χ0n) is 7.34. The van der Waals surface area contributed by atoms with E-state index < -0.39 is 0 Å². The Bertz CT molecular complexity index is 392. The van der Waals surface area contributed by atoms with E-state index in [9.17, 15) is 4.79 Å². The maximum atomic E-state index is 11.5. The van der Waals surface area contributed by atoms with Gasteiger partial charge in [-0.3, -0.25) is 4.79 Å². The molecule has 2 rings (SSSR count). The van der Waals surface area contributed by atoms with Crippen molar-refractivity contribution in [3.63, 3.8) is 0 Å². The molecule has 0 fully saturated rings. The third kappa shape index (κ3) is 1.84. The lowest BCUT2D eigenvalue weighted by Crippen LogP contribution is -1.96. The molecule has 1 aromatic carbocycles. The summed E-state index contributed by atoms with van der Waals surface area (Å²) >= 11 is 11.6. The minimum absolute atomic E-state index is 0.104. The summed E-state index contributed by atoms with van der Waals surface area (Å²) in [5.74, 6) is 0.104. The van der Waals surface area contributed by atoms with Gasteiger partial charge in [0.05, 0.1) is 5.38 Å². The molecule has 0 N–H and O–H groups in total. The van der Waals surface area contributed by atoms with Gasteiger partial charge >= 0.3 is 0 Å². The summed E-state index contributed by atoms with van der Waals surface area (Å²) in [6.45, 7) is 0. The van der Waals surface area contributed by atoms with Gasteiger partial charge in [0.25, 0.3) is 0 Å². The number of carbonyl (C=O) groups excluding carboxylic acids is 1. The van der Waals surface area contributed by atoms with Gasteiger partial charge < -0.3 is 0 Å².